The molecule has 3 fully saturated rings. The molecule has 0 saturated carbocycles. The fourth-order valence-electron chi connectivity index (χ4n) is 3.70. The summed E-state index contributed by atoms with van der Waals surface area (Å²) in [5.41, 5.74) is 0. The lowest BCUT2D eigenvalue weighted by molar-refractivity contribution is -0.0528. The van der Waals surface area contributed by atoms with Gasteiger partial charge < -0.3 is 10.1 Å². The highest BCUT2D eigenvalue weighted by Gasteiger charge is 2.29. The van der Waals surface area contributed by atoms with Crippen LogP contribution in [0.3, 0.4) is 0 Å². The third-order valence-electron chi connectivity index (χ3n) is 4.99. The molecule has 21 heavy (non-hydrogen) atoms. The first-order valence-corrected chi connectivity index (χ1v) is 8.72. The predicted molar refractivity (Wildman–Crippen MR) is 85.7 cm³/mol. The van der Waals surface area contributed by atoms with Crippen LogP contribution in [0.25, 0.3) is 0 Å². The third-order valence-corrected chi connectivity index (χ3v) is 4.99. The summed E-state index contributed by atoms with van der Waals surface area (Å²) >= 11 is 0. The zero-order valence-electron chi connectivity index (χ0n) is 13.8. The van der Waals surface area contributed by atoms with Crippen molar-refractivity contribution >= 4 is 0 Å². The maximum atomic E-state index is 5.99. The van der Waals surface area contributed by atoms with Gasteiger partial charge >= 0.3 is 0 Å². The van der Waals surface area contributed by atoms with Gasteiger partial charge in [-0.15, -0.1) is 0 Å². The smallest absolute Gasteiger partial charge is 0.0829 e. The summed E-state index contributed by atoms with van der Waals surface area (Å²) in [5.74, 6) is 0.753. The molecule has 3 aliphatic heterocycles. The summed E-state index contributed by atoms with van der Waals surface area (Å²) in [5, 5.41) is 3.37. The highest BCUT2D eigenvalue weighted by molar-refractivity contribution is 4.88. The maximum absolute atomic E-state index is 5.99. The molecule has 0 aromatic heterocycles. The number of morpholine rings is 1. The molecule has 122 valence electrons. The van der Waals surface area contributed by atoms with Gasteiger partial charge in [0.05, 0.1) is 12.7 Å². The molecule has 5 nitrogen and oxygen atoms in total. The van der Waals surface area contributed by atoms with E-state index in [0.29, 0.717) is 6.10 Å². The number of nitrogens with one attached hydrogen (secondary N) is 1. The molecule has 0 aromatic rings. The molecular formula is C16H32N4O. The Morgan fingerprint density at radius 1 is 1.05 bits per heavy atom. The van der Waals surface area contributed by atoms with Crippen LogP contribution in [0.5, 0.6) is 0 Å². The van der Waals surface area contributed by atoms with E-state index in [9.17, 15) is 0 Å². The molecule has 5 heteroatoms. The van der Waals surface area contributed by atoms with Gasteiger partial charge in [0.2, 0.25) is 0 Å². The molecule has 0 spiro atoms. The summed E-state index contributed by atoms with van der Waals surface area (Å²) in [6.45, 7) is 17.3. The van der Waals surface area contributed by atoms with Crippen LogP contribution in [0.2, 0.25) is 0 Å². The van der Waals surface area contributed by atoms with Gasteiger partial charge in [-0.1, -0.05) is 13.8 Å². The van der Waals surface area contributed by atoms with E-state index in [1.54, 1.807) is 0 Å². The fraction of sp³-hybridized carbons (Fsp3) is 1.00. The molecule has 1 unspecified atom stereocenters. The van der Waals surface area contributed by atoms with E-state index in [4.69, 9.17) is 4.74 Å². The summed E-state index contributed by atoms with van der Waals surface area (Å²) < 4.78 is 5.99. The Labute approximate surface area is 129 Å². The molecule has 0 aliphatic carbocycles. The van der Waals surface area contributed by atoms with Crippen molar-refractivity contribution in [2.75, 3.05) is 72.1 Å². The number of ether oxygens (including phenoxy) is 1. The fourth-order valence-corrected chi connectivity index (χ4v) is 3.70. The first-order valence-electron chi connectivity index (χ1n) is 8.72. The Hall–Kier alpha value is -0.200. The maximum Gasteiger partial charge on any atom is 0.0829 e. The van der Waals surface area contributed by atoms with Crippen LogP contribution in [0.1, 0.15) is 13.8 Å². The summed E-state index contributed by atoms with van der Waals surface area (Å²) in [6, 6.07) is 0.805. The predicted octanol–water partition coefficient (Wildman–Crippen LogP) is -0.0674. The normalized spacial score (nSPS) is 30.7. The van der Waals surface area contributed by atoms with E-state index in [-0.39, 0.29) is 0 Å². The van der Waals surface area contributed by atoms with Crippen LogP contribution >= 0.6 is 0 Å². The Morgan fingerprint density at radius 3 is 2.43 bits per heavy atom. The Morgan fingerprint density at radius 2 is 1.81 bits per heavy atom. The highest BCUT2D eigenvalue weighted by Crippen LogP contribution is 2.13. The van der Waals surface area contributed by atoms with E-state index in [2.05, 4.69) is 33.9 Å². The van der Waals surface area contributed by atoms with Crippen LogP contribution in [0.15, 0.2) is 0 Å². The molecule has 3 aliphatic rings. The van der Waals surface area contributed by atoms with Gasteiger partial charge in [-0.2, -0.15) is 0 Å². The van der Waals surface area contributed by atoms with Crippen LogP contribution in [0, 0.1) is 5.92 Å². The zero-order chi connectivity index (χ0) is 14.7. The SMILES string of the molecule is CC(C)CN1CCOC(CN2CCN(C3CNC3)CC2)C1. The monoisotopic (exact) mass is 296 g/mol. The lowest BCUT2D eigenvalue weighted by Crippen LogP contribution is -2.62. The van der Waals surface area contributed by atoms with E-state index in [0.717, 1.165) is 38.2 Å². The first-order chi connectivity index (χ1) is 10.2. The second kappa shape index (κ2) is 7.38. The highest BCUT2D eigenvalue weighted by atomic mass is 16.5. The molecule has 3 saturated heterocycles. The molecule has 3 rings (SSSR count). The first kappa shape index (κ1) is 15.7. The van der Waals surface area contributed by atoms with E-state index in [1.807, 2.05) is 0 Å². The minimum absolute atomic E-state index is 0.411. The number of hydrogen-bond donors (Lipinski definition) is 1. The van der Waals surface area contributed by atoms with Gasteiger partial charge in [-0.05, 0) is 5.92 Å². The average Bonchev–Trinajstić information content (AvgIpc) is 2.39. The van der Waals surface area contributed by atoms with Crippen molar-refractivity contribution < 1.29 is 4.74 Å². The van der Waals surface area contributed by atoms with Crippen molar-refractivity contribution in [2.24, 2.45) is 5.92 Å². The topological polar surface area (TPSA) is 31.0 Å². The molecule has 0 radical (unpaired) electrons. The van der Waals surface area contributed by atoms with Gasteiger partial charge in [0, 0.05) is 71.5 Å². The Balaban J connectivity index is 1.38. The number of nitrogens with zero attached hydrogens (tertiary/aromatic N) is 3. The zero-order valence-corrected chi connectivity index (χ0v) is 13.8. The Kier molecular flexibility index (Phi) is 5.51. The molecular weight excluding hydrogens is 264 g/mol. The lowest BCUT2D eigenvalue weighted by Gasteiger charge is -2.44. The minimum atomic E-state index is 0.411. The van der Waals surface area contributed by atoms with Gasteiger partial charge in [0.15, 0.2) is 0 Å². The summed E-state index contributed by atoms with van der Waals surface area (Å²) in [4.78, 5) is 7.83. The minimum Gasteiger partial charge on any atom is -0.374 e. The summed E-state index contributed by atoms with van der Waals surface area (Å²) in [6.07, 6.45) is 0.411. The van der Waals surface area contributed by atoms with Gasteiger partial charge in [0.1, 0.15) is 0 Å². The van der Waals surface area contributed by atoms with Crippen molar-refractivity contribution in [2.45, 2.75) is 26.0 Å². The molecule has 1 atom stereocenters. The summed E-state index contributed by atoms with van der Waals surface area (Å²) in [7, 11) is 0. The van der Waals surface area contributed by atoms with E-state index in [1.165, 1.54) is 45.8 Å². The van der Waals surface area contributed by atoms with Crippen molar-refractivity contribution in [3.8, 4) is 0 Å². The van der Waals surface area contributed by atoms with Crippen LogP contribution in [0.4, 0.5) is 0 Å². The van der Waals surface area contributed by atoms with Gasteiger partial charge in [0.25, 0.3) is 0 Å². The van der Waals surface area contributed by atoms with Crippen molar-refractivity contribution in [3.05, 3.63) is 0 Å². The number of rotatable bonds is 5. The van der Waals surface area contributed by atoms with Crippen LogP contribution in [-0.4, -0.2) is 98.9 Å². The Bertz CT molecular complexity index is 313. The quantitative estimate of drug-likeness (QED) is 0.768. The van der Waals surface area contributed by atoms with Crippen molar-refractivity contribution in [3.63, 3.8) is 0 Å². The van der Waals surface area contributed by atoms with Gasteiger partial charge in [-0.3, -0.25) is 14.7 Å². The van der Waals surface area contributed by atoms with Gasteiger partial charge in [-0.25, -0.2) is 0 Å². The molecule has 1 N–H and O–H groups in total. The third kappa shape index (κ3) is 4.39. The molecule has 0 amide bonds. The molecule has 0 aromatic carbocycles. The van der Waals surface area contributed by atoms with Crippen LogP contribution < -0.4 is 5.32 Å². The standard InChI is InChI=1S/C16H32N4O/c1-14(2)11-19-7-8-21-16(13-19)12-18-3-5-20(6-4-18)15-9-17-10-15/h14-17H,3-13H2,1-2H3. The average molecular weight is 296 g/mol. The second-order valence-electron chi connectivity index (χ2n) is 7.29. The van der Waals surface area contributed by atoms with E-state index < -0.39 is 0 Å². The van der Waals surface area contributed by atoms with Crippen molar-refractivity contribution in [1.29, 1.82) is 0 Å². The second-order valence-corrected chi connectivity index (χ2v) is 7.29. The number of piperazine rings is 1. The van der Waals surface area contributed by atoms with Crippen LogP contribution in [-0.2, 0) is 4.74 Å². The largest absolute Gasteiger partial charge is 0.374 e. The van der Waals surface area contributed by atoms with Crippen molar-refractivity contribution in [1.82, 2.24) is 20.0 Å². The molecule has 3 heterocycles. The van der Waals surface area contributed by atoms with E-state index >= 15 is 0 Å². The number of hydrogen-bond acceptors (Lipinski definition) is 5. The lowest BCUT2D eigenvalue weighted by atomic mass is 10.1. The molecule has 0 bridgehead atoms.